The van der Waals surface area contributed by atoms with E-state index in [0.717, 1.165) is 24.3 Å². The predicted molar refractivity (Wildman–Crippen MR) is 84.9 cm³/mol. The number of allylic oxidation sites excluding steroid dienone is 1. The summed E-state index contributed by atoms with van der Waals surface area (Å²) < 4.78 is 0. The van der Waals surface area contributed by atoms with Crippen molar-refractivity contribution < 1.29 is 0 Å². The molecule has 0 unspecified atom stereocenters. The molecule has 2 heteroatoms. The summed E-state index contributed by atoms with van der Waals surface area (Å²) in [6.07, 6.45) is 1.94. The number of hydrogen-bond acceptors (Lipinski definition) is 2. The minimum atomic E-state index is 0.0807. The standard InChI is InChI=1S/C17H26N2/c1-13(19-17(3,4)5)11-12-15-9-7-8-10-16(15)14(2)18-6/h7-10,19H,1,11-12H2,2-6H3/b18-14+. The molecule has 1 aromatic carbocycles. The summed E-state index contributed by atoms with van der Waals surface area (Å²) in [6.45, 7) is 12.6. The number of aryl methyl sites for hydroxylation is 1. The molecule has 0 saturated carbocycles. The van der Waals surface area contributed by atoms with Crippen LogP contribution < -0.4 is 5.32 Å². The first-order chi connectivity index (χ1) is 8.83. The molecule has 0 fully saturated rings. The van der Waals surface area contributed by atoms with Crippen molar-refractivity contribution >= 4 is 5.71 Å². The first kappa shape index (κ1) is 15.5. The minimum Gasteiger partial charge on any atom is -0.384 e. The third-order valence-electron chi connectivity index (χ3n) is 2.99. The third kappa shape index (κ3) is 5.29. The zero-order valence-electron chi connectivity index (χ0n) is 12.9. The highest BCUT2D eigenvalue weighted by molar-refractivity contribution is 5.99. The number of benzene rings is 1. The van der Waals surface area contributed by atoms with Crippen molar-refractivity contribution in [2.24, 2.45) is 4.99 Å². The molecule has 2 nitrogen and oxygen atoms in total. The average Bonchev–Trinajstić information content (AvgIpc) is 2.33. The number of rotatable bonds is 5. The summed E-state index contributed by atoms with van der Waals surface area (Å²) in [4.78, 5) is 4.28. The van der Waals surface area contributed by atoms with Gasteiger partial charge >= 0.3 is 0 Å². The molecule has 0 aromatic heterocycles. The van der Waals surface area contributed by atoms with E-state index < -0.39 is 0 Å². The van der Waals surface area contributed by atoms with Crippen LogP contribution in [0.4, 0.5) is 0 Å². The lowest BCUT2D eigenvalue weighted by Crippen LogP contribution is -2.34. The van der Waals surface area contributed by atoms with Crippen LogP contribution in [0.5, 0.6) is 0 Å². The normalized spacial score (nSPS) is 12.4. The molecular weight excluding hydrogens is 232 g/mol. The molecule has 104 valence electrons. The highest BCUT2D eigenvalue weighted by Crippen LogP contribution is 2.15. The zero-order valence-corrected chi connectivity index (χ0v) is 12.9. The van der Waals surface area contributed by atoms with E-state index in [-0.39, 0.29) is 5.54 Å². The van der Waals surface area contributed by atoms with E-state index in [9.17, 15) is 0 Å². The van der Waals surface area contributed by atoms with Crippen molar-refractivity contribution in [2.45, 2.75) is 46.1 Å². The predicted octanol–water partition coefficient (Wildman–Crippen LogP) is 3.96. The molecule has 19 heavy (non-hydrogen) atoms. The van der Waals surface area contributed by atoms with Crippen molar-refractivity contribution in [3.63, 3.8) is 0 Å². The van der Waals surface area contributed by atoms with Crippen molar-refractivity contribution in [3.05, 3.63) is 47.7 Å². The first-order valence-electron chi connectivity index (χ1n) is 6.81. The Balaban J connectivity index is 2.71. The van der Waals surface area contributed by atoms with Gasteiger partial charge in [0.2, 0.25) is 0 Å². The fourth-order valence-corrected chi connectivity index (χ4v) is 2.09. The van der Waals surface area contributed by atoms with Gasteiger partial charge in [-0.05, 0) is 51.7 Å². The summed E-state index contributed by atoms with van der Waals surface area (Å²) in [7, 11) is 1.84. The molecule has 0 spiro atoms. The van der Waals surface area contributed by atoms with Crippen molar-refractivity contribution in [3.8, 4) is 0 Å². The second-order valence-electron chi connectivity index (χ2n) is 5.94. The van der Waals surface area contributed by atoms with Gasteiger partial charge in [-0.25, -0.2) is 0 Å². The number of aliphatic imine (C=N–C) groups is 1. The maximum absolute atomic E-state index is 4.28. The summed E-state index contributed by atoms with van der Waals surface area (Å²) in [6, 6.07) is 8.46. The van der Waals surface area contributed by atoms with E-state index in [1.807, 2.05) is 7.05 Å². The summed E-state index contributed by atoms with van der Waals surface area (Å²) in [5.74, 6) is 0. The lowest BCUT2D eigenvalue weighted by atomic mass is 9.98. The lowest BCUT2D eigenvalue weighted by Gasteiger charge is -2.24. The van der Waals surface area contributed by atoms with Gasteiger partial charge in [0, 0.05) is 24.0 Å². The monoisotopic (exact) mass is 258 g/mol. The third-order valence-corrected chi connectivity index (χ3v) is 2.99. The van der Waals surface area contributed by atoms with E-state index >= 15 is 0 Å². The number of nitrogens with zero attached hydrogens (tertiary/aromatic N) is 1. The van der Waals surface area contributed by atoms with Crippen LogP contribution in [0.15, 0.2) is 41.5 Å². The summed E-state index contributed by atoms with van der Waals surface area (Å²) >= 11 is 0. The van der Waals surface area contributed by atoms with Crippen LogP contribution in [0, 0.1) is 0 Å². The van der Waals surface area contributed by atoms with E-state index in [1.165, 1.54) is 11.1 Å². The van der Waals surface area contributed by atoms with E-state index in [2.05, 4.69) is 68.8 Å². The molecular formula is C17H26N2. The Morgan fingerprint density at radius 3 is 2.47 bits per heavy atom. The van der Waals surface area contributed by atoms with Crippen LogP contribution in [-0.4, -0.2) is 18.3 Å². The smallest absolute Gasteiger partial charge is 0.0388 e. The van der Waals surface area contributed by atoms with E-state index in [0.29, 0.717) is 0 Å². The van der Waals surface area contributed by atoms with Gasteiger partial charge in [0.25, 0.3) is 0 Å². The Hall–Kier alpha value is -1.57. The van der Waals surface area contributed by atoms with Crippen LogP contribution in [0.1, 0.15) is 45.2 Å². The number of hydrogen-bond donors (Lipinski definition) is 1. The molecule has 1 N–H and O–H groups in total. The van der Waals surface area contributed by atoms with Crippen molar-refractivity contribution in [1.82, 2.24) is 5.32 Å². The summed E-state index contributed by atoms with van der Waals surface area (Å²) in [5, 5.41) is 3.43. The average molecular weight is 258 g/mol. The largest absolute Gasteiger partial charge is 0.384 e. The molecule has 0 amide bonds. The maximum atomic E-state index is 4.28. The molecule has 0 aliphatic rings. The minimum absolute atomic E-state index is 0.0807. The van der Waals surface area contributed by atoms with Gasteiger partial charge in [-0.2, -0.15) is 0 Å². The van der Waals surface area contributed by atoms with Crippen LogP contribution >= 0.6 is 0 Å². The Kier molecular flexibility index (Phi) is 5.34. The maximum Gasteiger partial charge on any atom is 0.0388 e. The molecule has 0 heterocycles. The zero-order chi connectivity index (χ0) is 14.5. The van der Waals surface area contributed by atoms with Crippen molar-refractivity contribution in [2.75, 3.05) is 7.05 Å². The van der Waals surface area contributed by atoms with Crippen LogP contribution in [0.25, 0.3) is 0 Å². The van der Waals surface area contributed by atoms with Gasteiger partial charge in [0.15, 0.2) is 0 Å². The fraction of sp³-hybridized carbons (Fsp3) is 0.471. The molecule has 0 bridgehead atoms. The highest BCUT2D eigenvalue weighted by Gasteiger charge is 2.10. The van der Waals surface area contributed by atoms with Gasteiger partial charge in [-0.1, -0.05) is 30.8 Å². The fourth-order valence-electron chi connectivity index (χ4n) is 2.09. The molecule has 0 aliphatic heterocycles. The highest BCUT2D eigenvalue weighted by atomic mass is 15.0. The van der Waals surface area contributed by atoms with Gasteiger partial charge in [0.05, 0.1) is 0 Å². The first-order valence-corrected chi connectivity index (χ1v) is 6.81. The Morgan fingerprint density at radius 2 is 1.89 bits per heavy atom. The van der Waals surface area contributed by atoms with Gasteiger partial charge in [-0.15, -0.1) is 0 Å². The van der Waals surface area contributed by atoms with Gasteiger partial charge in [0.1, 0.15) is 0 Å². The second-order valence-corrected chi connectivity index (χ2v) is 5.94. The topological polar surface area (TPSA) is 24.4 Å². The molecule has 0 saturated heterocycles. The Bertz CT molecular complexity index is 464. The molecule has 1 rings (SSSR count). The van der Waals surface area contributed by atoms with Crippen LogP contribution in [-0.2, 0) is 6.42 Å². The quantitative estimate of drug-likeness (QED) is 0.794. The number of nitrogens with one attached hydrogen (secondary N) is 1. The van der Waals surface area contributed by atoms with Gasteiger partial charge in [-0.3, -0.25) is 4.99 Å². The second kappa shape index (κ2) is 6.55. The molecule has 1 aromatic rings. The van der Waals surface area contributed by atoms with Gasteiger partial charge < -0.3 is 5.32 Å². The molecule has 0 radical (unpaired) electrons. The molecule has 0 aliphatic carbocycles. The molecule has 0 atom stereocenters. The van der Waals surface area contributed by atoms with Crippen LogP contribution in [0.3, 0.4) is 0 Å². The lowest BCUT2D eigenvalue weighted by molar-refractivity contribution is 0.464. The Labute approximate surface area is 117 Å². The van der Waals surface area contributed by atoms with Crippen molar-refractivity contribution in [1.29, 1.82) is 0 Å². The Morgan fingerprint density at radius 1 is 1.26 bits per heavy atom. The van der Waals surface area contributed by atoms with Crippen LogP contribution in [0.2, 0.25) is 0 Å². The van der Waals surface area contributed by atoms with E-state index in [4.69, 9.17) is 0 Å². The van der Waals surface area contributed by atoms with E-state index in [1.54, 1.807) is 0 Å². The SMILES string of the molecule is C=C(CCc1ccccc1/C(C)=N/C)NC(C)(C)C. The summed E-state index contributed by atoms with van der Waals surface area (Å²) in [5.41, 5.74) is 4.84.